The number of benzene rings is 2. The smallest absolute Gasteiger partial charge is 0.308 e. The molecule has 0 unspecified atom stereocenters. The molecule has 94 valence electrons. The zero-order chi connectivity index (χ0) is 13.7. The van der Waals surface area contributed by atoms with E-state index >= 15 is 0 Å². The van der Waals surface area contributed by atoms with Crippen LogP contribution in [0.1, 0.15) is 5.56 Å². The van der Waals surface area contributed by atoms with Crippen LogP contribution < -0.4 is 10.6 Å². The Labute approximate surface area is 124 Å². The number of nitrogens with zero attached hydrogens (tertiary/aromatic N) is 1. The molecule has 0 spiro atoms. The summed E-state index contributed by atoms with van der Waals surface area (Å²) < 4.78 is 0.959. The Bertz CT molecular complexity index is 649. The van der Waals surface area contributed by atoms with E-state index in [1.54, 1.807) is 24.3 Å². The van der Waals surface area contributed by atoms with Crippen LogP contribution in [-0.2, 0) is 0 Å². The second-order valence-corrected chi connectivity index (χ2v) is 4.91. The van der Waals surface area contributed by atoms with Gasteiger partial charge in [-0.2, -0.15) is 5.26 Å². The third-order valence-corrected chi connectivity index (χ3v) is 3.31. The second kappa shape index (κ2) is 6.20. The Morgan fingerprint density at radius 1 is 1.11 bits per heavy atom. The van der Waals surface area contributed by atoms with Crippen molar-refractivity contribution in [1.82, 2.24) is 0 Å². The molecule has 4 nitrogen and oxygen atoms in total. The van der Waals surface area contributed by atoms with E-state index in [2.05, 4.69) is 33.2 Å². The van der Waals surface area contributed by atoms with E-state index in [1.807, 2.05) is 30.3 Å². The van der Waals surface area contributed by atoms with Crippen LogP contribution in [0, 0.1) is 14.9 Å². The summed E-state index contributed by atoms with van der Waals surface area (Å²) in [5.41, 5.74) is 1.84. The summed E-state index contributed by atoms with van der Waals surface area (Å²) in [6.45, 7) is 0. The summed E-state index contributed by atoms with van der Waals surface area (Å²) in [6.07, 6.45) is 0. The molecule has 5 heteroatoms. The first-order valence-electron chi connectivity index (χ1n) is 5.52. The number of carbonyl (C=O) groups is 1. The van der Waals surface area contributed by atoms with Crippen molar-refractivity contribution in [3.05, 3.63) is 57.7 Å². The Morgan fingerprint density at radius 3 is 2.63 bits per heavy atom. The number of urea groups is 1. The highest BCUT2D eigenvalue weighted by molar-refractivity contribution is 14.1. The van der Waals surface area contributed by atoms with E-state index in [-0.39, 0.29) is 6.03 Å². The summed E-state index contributed by atoms with van der Waals surface area (Å²) in [5.74, 6) is 0. The molecule has 0 aliphatic carbocycles. The number of hydrogen-bond donors (Lipinski definition) is 2. The standard InChI is InChI=1S/C14H10IN3O/c15-12-6-1-2-7-13(12)18-14(19)17-11-5-3-4-10(8-11)9-16/h1-8H,(H2,17,18,19). The molecular formula is C14H10IN3O. The topological polar surface area (TPSA) is 64.9 Å². The molecule has 0 aliphatic rings. The van der Waals surface area contributed by atoms with Crippen molar-refractivity contribution in [2.75, 3.05) is 10.6 Å². The van der Waals surface area contributed by atoms with Gasteiger partial charge in [0.2, 0.25) is 0 Å². The minimum Gasteiger partial charge on any atom is -0.308 e. The van der Waals surface area contributed by atoms with E-state index in [0.717, 1.165) is 9.26 Å². The van der Waals surface area contributed by atoms with Gasteiger partial charge in [0.25, 0.3) is 0 Å². The lowest BCUT2D eigenvalue weighted by Gasteiger charge is -2.09. The Morgan fingerprint density at radius 2 is 1.89 bits per heavy atom. The number of halogens is 1. The monoisotopic (exact) mass is 363 g/mol. The molecular weight excluding hydrogens is 353 g/mol. The van der Waals surface area contributed by atoms with Gasteiger partial charge < -0.3 is 10.6 Å². The fourth-order valence-corrected chi connectivity index (χ4v) is 2.04. The van der Waals surface area contributed by atoms with E-state index in [1.165, 1.54) is 0 Å². The Kier molecular flexibility index (Phi) is 4.36. The molecule has 0 heterocycles. The van der Waals surface area contributed by atoms with Crippen molar-refractivity contribution in [3.8, 4) is 6.07 Å². The molecule has 0 fully saturated rings. The van der Waals surface area contributed by atoms with Crippen molar-refractivity contribution < 1.29 is 4.79 Å². The number of anilines is 2. The molecule has 2 aromatic rings. The minimum atomic E-state index is -0.334. The molecule has 2 N–H and O–H groups in total. The number of hydrogen-bond acceptors (Lipinski definition) is 2. The van der Waals surface area contributed by atoms with Crippen LogP contribution in [0.3, 0.4) is 0 Å². The van der Waals surface area contributed by atoms with Crippen LogP contribution in [0.4, 0.5) is 16.2 Å². The maximum absolute atomic E-state index is 11.8. The van der Waals surface area contributed by atoms with Crippen molar-refractivity contribution in [3.63, 3.8) is 0 Å². The predicted octanol–water partition coefficient (Wildman–Crippen LogP) is 3.81. The van der Waals surface area contributed by atoms with E-state index in [9.17, 15) is 4.79 Å². The molecule has 0 aliphatic heterocycles. The second-order valence-electron chi connectivity index (χ2n) is 3.75. The zero-order valence-corrected chi connectivity index (χ0v) is 12.0. The van der Waals surface area contributed by atoms with Crippen molar-refractivity contribution in [2.45, 2.75) is 0 Å². The highest BCUT2D eigenvalue weighted by atomic mass is 127. The minimum absolute atomic E-state index is 0.334. The van der Waals surface area contributed by atoms with Gasteiger partial charge in [-0.15, -0.1) is 0 Å². The molecule has 0 aromatic heterocycles. The van der Waals surface area contributed by atoms with Gasteiger partial charge >= 0.3 is 6.03 Å². The average molecular weight is 363 g/mol. The molecule has 0 saturated heterocycles. The number of para-hydroxylation sites is 1. The molecule has 2 aromatic carbocycles. The van der Waals surface area contributed by atoms with Crippen LogP contribution in [0.15, 0.2) is 48.5 Å². The summed E-state index contributed by atoms with van der Waals surface area (Å²) in [4.78, 5) is 11.8. The van der Waals surface area contributed by atoms with Gasteiger partial charge in [-0.1, -0.05) is 18.2 Å². The average Bonchev–Trinajstić information content (AvgIpc) is 2.41. The molecule has 0 radical (unpaired) electrons. The summed E-state index contributed by atoms with van der Waals surface area (Å²) >= 11 is 2.15. The Balaban J connectivity index is 2.06. The highest BCUT2D eigenvalue weighted by Gasteiger charge is 2.05. The van der Waals surface area contributed by atoms with Crippen LogP contribution in [0.2, 0.25) is 0 Å². The lowest BCUT2D eigenvalue weighted by molar-refractivity contribution is 0.262. The molecule has 2 rings (SSSR count). The number of rotatable bonds is 2. The lowest BCUT2D eigenvalue weighted by atomic mass is 10.2. The fourth-order valence-electron chi connectivity index (χ4n) is 1.51. The Hall–Kier alpha value is -2.07. The van der Waals surface area contributed by atoms with E-state index in [0.29, 0.717) is 11.3 Å². The summed E-state index contributed by atoms with van der Waals surface area (Å²) in [5, 5.41) is 14.2. The van der Waals surface area contributed by atoms with Gasteiger partial charge in [-0.05, 0) is 52.9 Å². The summed E-state index contributed by atoms with van der Waals surface area (Å²) in [6, 6.07) is 15.9. The first-order chi connectivity index (χ1) is 9.19. The number of nitriles is 1. The largest absolute Gasteiger partial charge is 0.323 e. The molecule has 19 heavy (non-hydrogen) atoms. The van der Waals surface area contributed by atoms with Crippen LogP contribution in [-0.4, -0.2) is 6.03 Å². The fraction of sp³-hybridized carbons (Fsp3) is 0. The molecule has 0 bridgehead atoms. The third kappa shape index (κ3) is 3.69. The van der Waals surface area contributed by atoms with Gasteiger partial charge in [0.15, 0.2) is 0 Å². The van der Waals surface area contributed by atoms with E-state index < -0.39 is 0 Å². The molecule has 0 atom stereocenters. The van der Waals surface area contributed by atoms with Gasteiger partial charge in [-0.3, -0.25) is 0 Å². The van der Waals surface area contributed by atoms with Gasteiger partial charge in [0.1, 0.15) is 0 Å². The molecule has 0 saturated carbocycles. The van der Waals surface area contributed by atoms with Crippen LogP contribution >= 0.6 is 22.6 Å². The maximum Gasteiger partial charge on any atom is 0.323 e. The van der Waals surface area contributed by atoms with Crippen molar-refractivity contribution >= 4 is 40.0 Å². The maximum atomic E-state index is 11.8. The van der Waals surface area contributed by atoms with E-state index in [4.69, 9.17) is 5.26 Å². The lowest BCUT2D eigenvalue weighted by Crippen LogP contribution is -2.19. The van der Waals surface area contributed by atoms with Gasteiger partial charge in [0.05, 0.1) is 17.3 Å². The van der Waals surface area contributed by atoms with Crippen molar-refractivity contribution in [2.24, 2.45) is 0 Å². The third-order valence-electron chi connectivity index (χ3n) is 2.37. The van der Waals surface area contributed by atoms with Crippen molar-refractivity contribution in [1.29, 1.82) is 5.26 Å². The quantitative estimate of drug-likeness (QED) is 0.797. The first-order valence-corrected chi connectivity index (χ1v) is 6.59. The number of nitrogens with one attached hydrogen (secondary N) is 2. The summed E-state index contributed by atoms with van der Waals surface area (Å²) in [7, 11) is 0. The first kappa shape index (κ1) is 13.4. The van der Waals surface area contributed by atoms with Crippen LogP contribution in [0.5, 0.6) is 0 Å². The number of carbonyl (C=O) groups excluding carboxylic acids is 1. The SMILES string of the molecule is N#Cc1cccc(NC(=O)Nc2ccccc2I)c1. The highest BCUT2D eigenvalue weighted by Crippen LogP contribution is 2.17. The van der Waals surface area contributed by atoms with Gasteiger partial charge in [-0.25, -0.2) is 4.79 Å². The number of amides is 2. The van der Waals surface area contributed by atoms with Gasteiger partial charge in [0, 0.05) is 9.26 Å². The van der Waals surface area contributed by atoms with Crippen LogP contribution in [0.25, 0.3) is 0 Å². The molecule has 2 amide bonds. The normalized spacial score (nSPS) is 9.47. The zero-order valence-electron chi connectivity index (χ0n) is 9.85. The predicted molar refractivity (Wildman–Crippen MR) is 83.0 cm³/mol.